The maximum Gasteiger partial charge on any atom is 0.342 e. The van der Waals surface area contributed by atoms with Crippen molar-refractivity contribution in [3.8, 4) is 22.8 Å². The standard InChI is InChI=1S/C30H28Cl2N4O4/c1-2-40-22-10-7-20(8-11-22)29(38)34-21-9-12-23(28(37)15-21)26-16-27(19-4-3-5-19)36(35-26)30(39)33-17-18-6-13-24(31)25(32)14-18/h6-16,19,37H,2-5,17H2,1H3,(H,33,39)(H,34,38). The first-order valence-corrected chi connectivity index (χ1v) is 13.8. The molecule has 206 valence electrons. The van der Waals surface area contributed by atoms with E-state index < -0.39 is 0 Å². The number of phenolic OH excluding ortho intramolecular Hbond substituents is 1. The van der Waals surface area contributed by atoms with E-state index in [0.717, 1.165) is 30.5 Å². The van der Waals surface area contributed by atoms with Crippen LogP contribution in [0.2, 0.25) is 10.0 Å². The van der Waals surface area contributed by atoms with Crippen LogP contribution in [0.1, 0.15) is 53.7 Å². The van der Waals surface area contributed by atoms with Gasteiger partial charge in [0.2, 0.25) is 0 Å². The molecule has 5 rings (SSSR count). The van der Waals surface area contributed by atoms with Gasteiger partial charge >= 0.3 is 6.03 Å². The highest BCUT2D eigenvalue weighted by Crippen LogP contribution is 2.39. The third-order valence-electron chi connectivity index (χ3n) is 6.84. The molecule has 1 heterocycles. The maximum absolute atomic E-state index is 13.1. The lowest BCUT2D eigenvalue weighted by molar-refractivity contribution is 0.102. The second-order valence-electron chi connectivity index (χ2n) is 9.54. The fourth-order valence-corrected chi connectivity index (χ4v) is 4.81. The number of aromatic nitrogens is 2. The van der Waals surface area contributed by atoms with Crippen LogP contribution in [0, 0.1) is 0 Å². The fraction of sp³-hybridized carbons (Fsp3) is 0.233. The summed E-state index contributed by atoms with van der Waals surface area (Å²) in [5.74, 6) is 0.521. The van der Waals surface area contributed by atoms with Gasteiger partial charge in [0.05, 0.1) is 28.0 Å². The number of hydrogen-bond acceptors (Lipinski definition) is 5. The summed E-state index contributed by atoms with van der Waals surface area (Å²) in [5.41, 5.74) is 3.41. The Morgan fingerprint density at radius 2 is 1.80 bits per heavy atom. The van der Waals surface area contributed by atoms with Gasteiger partial charge in [-0.1, -0.05) is 35.7 Å². The first-order valence-electron chi connectivity index (χ1n) is 13.0. The Balaban J connectivity index is 1.32. The first-order chi connectivity index (χ1) is 19.3. The molecule has 0 atom stereocenters. The molecule has 1 aliphatic rings. The summed E-state index contributed by atoms with van der Waals surface area (Å²) < 4.78 is 6.79. The average Bonchev–Trinajstić information content (AvgIpc) is 3.33. The number of carbonyl (C=O) groups excluding carboxylic acids is 2. The van der Waals surface area contributed by atoms with Crippen LogP contribution >= 0.6 is 23.2 Å². The molecule has 0 bridgehead atoms. The molecule has 0 saturated heterocycles. The number of benzene rings is 3. The Hall–Kier alpha value is -4.01. The van der Waals surface area contributed by atoms with Gasteiger partial charge in [-0.25, -0.2) is 4.79 Å². The van der Waals surface area contributed by atoms with Gasteiger partial charge in [-0.2, -0.15) is 9.78 Å². The topological polar surface area (TPSA) is 105 Å². The summed E-state index contributed by atoms with van der Waals surface area (Å²) in [6.45, 7) is 2.69. The molecule has 4 aromatic rings. The van der Waals surface area contributed by atoms with Gasteiger partial charge in [-0.15, -0.1) is 0 Å². The second kappa shape index (κ2) is 12.0. The number of aromatic hydroxyl groups is 1. The van der Waals surface area contributed by atoms with Gasteiger partial charge in [-0.05, 0) is 79.9 Å². The van der Waals surface area contributed by atoms with Crippen molar-refractivity contribution in [1.82, 2.24) is 15.1 Å². The molecule has 8 nitrogen and oxygen atoms in total. The third kappa shape index (κ3) is 6.08. The number of carbonyl (C=O) groups is 2. The summed E-state index contributed by atoms with van der Waals surface area (Å²) >= 11 is 12.1. The quantitative estimate of drug-likeness (QED) is 0.204. The molecule has 3 aromatic carbocycles. The number of amides is 2. The second-order valence-corrected chi connectivity index (χ2v) is 10.4. The molecule has 1 aliphatic carbocycles. The third-order valence-corrected chi connectivity index (χ3v) is 7.58. The summed E-state index contributed by atoms with van der Waals surface area (Å²) in [5, 5.41) is 21.9. The van der Waals surface area contributed by atoms with E-state index in [-0.39, 0.29) is 30.2 Å². The Bertz CT molecular complexity index is 1550. The highest BCUT2D eigenvalue weighted by molar-refractivity contribution is 6.42. The number of ether oxygens (including phenoxy) is 1. The minimum Gasteiger partial charge on any atom is -0.507 e. The summed E-state index contributed by atoms with van der Waals surface area (Å²) in [6.07, 6.45) is 3.02. The first kappa shape index (κ1) is 27.6. The van der Waals surface area contributed by atoms with Crippen molar-refractivity contribution in [2.75, 3.05) is 11.9 Å². The normalized spacial score (nSPS) is 13.0. The summed E-state index contributed by atoms with van der Waals surface area (Å²) in [6, 6.07) is 18.3. The smallest absolute Gasteiger partial charge is 0.342 e. The summed E-state index contributed by atoms with van der Waals surface area (Å²) in [4.78, 5) is 25.8. The summed E-state index contributed by atoms with van der Waals surface area (Å²) in [7, 11) is 0. The minimum atomic E-state index is -0.377. The molecule has 0 spiro atoms. The van der Waals surface area contributed by atoms with Crippen LogP contribution in [0.25, 0.3) is 11.3 Å². The van der Waals surface area contributed by atoms with Gasteiger partial charge in [0.15, 0.2) is 0 Å². The van der Waals surface area contributed by atoms with Gasteiger partial charge in [0.25, 0.3) is 5.91 Å². The van der Waals surface area contributed by atoms with Gasteiger partial charge in [-0.3, -0.25) is 4.79 Å². The van der Waals surface area contributed by atoms with Crippen molar-refractivity contribution in [2.24, 2.45) is 0 Å². The monoisotopic (exact) mass is 578 g/mol. The number of nitrogens with zero attached hydrogens (tertiary/aromatic N) is 2. The largest absolute Gasteiger partial charge is 0.507 e. The Labute approximate surface area is 241 Å². The van der Waals surface area contributed by atoms with Crippen molar-refractivity contribution in [1.29, 1.82) is 0 Å². The van der Waals surface area contributed by atoms with Crippen molar-refractivity contribution >= 4 is 40.8 Å². The lowest BCUT2D eigenvalue weighted by Crippen LogP contribution is -2.31. The number of nitrogens with one attached hydrogen (secondary N) is 2. The Morgan fingerprint density at radius 1 is 1.02 bits per heavy atom. The predicted octanol–water partition coefficient (Wildman–Crippen LogP) is 7.24. The van der Waals surface area contributed by atoms with E-state index in [1.807, 2.05) is 13.0 Å². The van der Waals surface area contributed by atoms with Crippen molar-refractivity contribution in [2.45, 2.75) is 38.6 Å². The van der Waals surface area contributed by atoms with Crippen LogP contribution in [-0.4, -0.2) is 33.4 Å². The maximum atomic E-state index is 13.1. The molecule has 10 heteroatoms. The van der Waals surface area contributed by atoms with E-state index >= 15 is 0 Å². The van der Waals surface area contributed by atoms with Crippen molar-refractivity contribution in [3.63, 3.8) is 0 Å². The van der Waals surface area contributed by atoms with Crippen LogP contribution in [-0.2, 0) is 6.54 Å². The van der Waals surface area contributed by atoms with E-state index in [4.69, 9.17) is 27.9 Å². The van der Waals surface area contributed by atoms with Crippen LogP contribution in [0.5, 0.6) is 11.5 Å². The molecular weight excluding hydrogens is 551 g/mol. The van der Waals surface area contributed by atoms with Gasteiger partial charge in [0.1, 0.15) is 11.5 Å². The van der Waals surface area contributed by atoms with Crippen molar-refractivity contribution in [3.05, 3.63) is 93.6 Å². The van der Waals surface area contributed by atoms with Crippen LogP contribution in [0.3, 0.4) is 0 Å². The van der Waals surface area contributed by atoms with Crippen LogP contribution in [0.4, 0.5) is 10.5 Å². The van der Waals surface area contributed by atoms with E-state index in [9.17, 15) is 14.7 Å². The molecule has 0 unspecified atom stereocenters. The zero-order chi connectivity index (χ0) is 28.2. The molecule has 40 heavy (non-hydrogen) atoms. The molecule has 1 fully saturated rings. The molecule has 2 amide bonds. The number of halogens is 2. The van der Waals surface area contributed by atoms with Gasteiger partial charge < -0.3 is 20.5 Å². The number of rotatable bonds is 8. The van der Waals surface area contributed by atoms with E-state index in [0.29, 0.717) is 44.9 Å². The zero-order valence-electron chi connectivity index (χ0n) is 21.8. The number of anilines is 1. The lowest BCUT2D eigenvalue weighted by Gasteiger charge is -2.25. The van der Waals surface area contributed by atoms with Crippen molar-refractivity contribution < 1.29 is 19.4 Å². The highest BCUT2D eigenvalue weighted by Gasteiger charge is 2.27. The van der Waals surface area contributed by atoms with Gasteiger partial charge in [0, 0.05) is 35.3 Å². The molecule has 1 aromatic heterocycles. The molecule has 1 saturated carbocycles. The Kier molecular flexibility index (Phi) is 8.28. The van der Waals surface area contributed by atoms with E-state index in [2.05, 4.69) is 15.7 Å². The number of phenols is 1. The van der Waals surface area contributed by atoms with Crippen LogP contribution in [0.15, 0.2) is 66.7 Å². The van der Waals surface area contributed by atoms with E-state index in [1.54, 1.807) is 54.6 Å². The molecular formula is C30H28Cl2N4O4. The molecule has 0 radical (unpaired) electrons. The highest BCUT2D eigenvalue weighted by atomic mass is 35.5. The van der Waals surface area contributed by atoms with Crippen LogP contribution < -0.4 is 15.4 Å². The Morgan fingerprint density at radius 3 is 2.45 bits per heavy atom. The zero-order valence-corrected chi connectivity index (χ0v) is 23.3. The SMILES string of the molecule is CCOc1ccc(C(=O)Nc2ccc(-c3cc(C4CCC4)n(C(=O)NCc4ccc(Cl)c(Cl)c4)n3)c(O)c2)cc1. The molecule has 3 N–H and O–H groups in total. The van der Waals surface area contributed by atoms with E-state index in [1.165, 1.54) is 10.7 Å². The minimum absolute atomic E-state index is 0.0643. The predicted molar refractivity (Wildman–Crippen MR) is 156 cm³/mol. The molecule has 0 aliphatic heterocycles. The number of hydrogen-bond donors (Lipinski definition) is 3. The lowest BCUT2D eigenvalue weighted by atomic mass is 9.82. The average molecular weight is 579 g/mol. The fourth-order valence-electron chi connectivity index (χ4n) is 4.49.